The molecular weight excluding hydrogens is 498 g/mol. The van der Waals surface area contributed by atoms with Gasteiger partial charge in [-0.1, -0.05) is 29.8 Å². The van der Waals surface area contributed by atoms with Crippen molar-refractivity contribution in [1.82, 2.24) is 35.0 Å². The molecule has 1 fully saturated rings. The third-order valence-corrected chi connectivity index (χ3v) is 6.74. The van der Waals surface area contributed by atoms with Crippen LogP contribution in [0.2, 0.25) is 0 Å². The second-order valence-corrected chi connectivity index (χ2v) is 9.74. The van der Waals surface area contributed by atoms with E-state index in [1.165, 1.54) is 0 Å². The quantitative estimate of drug-likeness (QED) is 0.204. The van der Waals surface area contributed by atoms with E-state index >= 15 is 0 Å². The average Bonchev–Trinajstić information content (AvgIpc) is 3.64. The van der Waals surface area contributed by atoms with Crippen molar-refractivity contribution < 1.29 is 8.78 Å². The van der Waals surface area contributed by atoms with Crippen molar-refractivity contribution in [3.05, 3.63) is 78.3 Å². The predicted molar refractivity (Wildman–Crippen MR) is 149 cm³/mol. The third-order valence-electron chi connectivity index (χ3n) is 6.74. The number of aliphatic imine (C=N–C) groups is 1. The zero-order chi connectivity index (χ0) is 27.0. The summed E-state index contributed by atoms with van der Waals surface area (Å²) in [6.45, 7) is 6.11. The smallest absolute Gasteiger partial charge is 0.261 e. The lowest BCUT2D eigenvalue weighted by molar-refractivity contribution is 0.0131. The second kappa shape index (κ2) is 9.95. The Morgan fingerprint density at radius 2 is 2.00 bits per heavy atom. The lowest BCUT2D eigenvalue weighted by Gasteiger charge is -2.16. The van der Waals surface area contributed by atoms with Crippen LogP contribution >= 0.6 is 0 Å². The van der Waals surface area contributed by atoms with Gasteiger partial charge in [-0.25, -0.2) is 18.7 Å². The summed E-state index contributed by atoms with van der Waals surface area (Å²) in [6.07, 6.45) is 5.19. The summed E-state index contributed by atoms with van der Waals surface area (Å²) in [5, 5.41) is 7.55. The van der Waals surface area contributed by atoms with Gasteiger partial charge in [-0.2, -0.15) is 5.10 Å². The number of aromatic amines is 2. The summed E-state index contributed by atoms with van der Waals surface area (Å²) in [5.74, 6) is -2.04. The molecule has 0 saturated carbocycles. The highest BCUT2D eigenvalue weighted by molar-refractivity contribution is 5.95. The molecule has 1 aliphatic rings. The highest BCUT2D eigenvalue weighted by Gasteiger charge is 2.37. The van der Waals surface area contributed by atoms with Crippen LogP contribution in [0.3, 0.4) is 0 Å². The molecule has 1 aromatic carbocycles. The van der Waals surface area contributed by atoms with Crippen LogP contribution in [-0.2, 0) is 0 Å². The van der Waals surface area contributed by atoms with Gasteiger partial charge in [0.2, 0.25) is 0 Å². The number of allylic oxidation sites excluding steroid dienone is 2. The van der Waals surface area contributed by atoms with Crippen molar-refractivity contribution in [3.63, 3.8) is 0 Å². The highest BCUT2D eigenvalue weighted by Crippen LogP contribution is 2.31. The lowest BCUT2D eigenvalue weighted by Crippen LogP contribution is -2.26. The number of fused-ring (bicyclic) bond motifs is 2. The number of likely N-dealkylation sites (tertiary alicyclic amines) is 1. The minimum absolute atomic E-state index is 0.107. The van der Waals surface area contributed by atoms with E-state index in [9.17, 15) is 8.78 Å². The van der Waals surface area contributed by atoms with E-state index in [0.717, 1.165) is 39.0 Å². The number of H-pyrrole nitrogens is 2. The first-order valence-electron chi connectivity index (χ1n) is 12.6. The molecule has 8 nitrogen and oxygen atoms in total. The van der Waals surface area contributed by atoms with Gasteiger partial charge in [0, 0.05) is 43.0 Å². The molecule has 39 heavy (non-hydrogen) atoms. The maximum Gasteiger partial charge on any atom is 0.261 e. The highest BCUT2D eigenvalue weighted by atomic mass is 19.3. The van der Waals surface area contributed by atoms with Crippen molar-refractivity contribution in [2.24, 2.45) is 4.99 Å². The van der Waals surface area contributed by atoms with Gasteiger partial charge >= 0.3 is 0 Å². The summed E-state index contributed by atoms with van der Waals surface area (Å²) >= 11 is 0. The number of hydrogen-bond donors (Lipinski definition) is 2. The van der Waals surface area contributed by atoms with Crippen LogP contribution in [-0.4, -0.2) is 67.3 Å². The maximum absolute atomic E-state index is 13.6. The largest absolute Gasteiger partial charge is 0.336 e. The number of para-hydroxylation sites is 1. The Bertz CT molecular complexity index is 1730. The molecule has 5 heterocycles. The molecule has 0 atom stereocenters. The Balaban J connectivity index is 1.36. The first kappa shape index (κ1) is 24.7. The number of nitrogens with one attached hydrogen (secondary N) is 2. The summed E-state index contributed by atoms with van der Waals surface area (Å²) in [4.78, 5) is 23.3. The molecule has 6 rings (SSSR count). The van der Waals surface area contributed by atoms with Crippen molar-refractivity contribution in [2.75, 3.05) is 19.6 Å². The number of aromatic nitrogens is 6. The van der Waals surface area contributed by atoms with E-state index in [2.05, 4.69) is 31.9 Å². The Kier molecular flexibility index (Phi) is 6.32. The monoisotopic (exact) mass is 524 g/mol. The molecule has 0 bridgehead atoms. The maximum atomic E-state index is 13.6. The van der Waals surface area contributed by atoms with E-state index in [0.29, 0.717) is 35.8 Å². The number of alkyl halides is 2. The van der Waals surface area contributed by atoms with Crippen LogP contribution in [0.25, 0.3) is 50.4 Å². The van der Waals surface area contributed by atoms with E-state index in [-0.39, 0.29) is 13.0 Å². The molecule has 0 unspecified atom stereocenters. The SMILES string of the molecule is C=N/C=C(\C=C(/C)CN1CCC(F)(F)C1)c1ccc2[nH]nc(-c3nc4c(-c5ccccn5)cccc4[nH]3)c2n1. The molecule has 10 heteroatoms. The van der Waals surface area contributed by atoms with E-state index < -0.39 is 5.92 Å². The normalized spacial score (nSPS) is 16.4. The molecule has 0 amide bonds. The summed E-state index contributed by atoms with van der Waals surface area (Å²) in [5.41, 5.74) is 7.71. The van der Waals surface area contributed by atoms with Gasteiger partial charge in [-0.3, -0.25) is 20.0 Å². The van der Waals surface area contributed by atoms with Crippen LogP contribution in [0.4, 0.5) is 8.78 Å². The molecule has 0 radical (unpaired) electrons. The van der Waals surface area contributed by atoms with E-state index in [1.54, 1.807) is 17.3 Å². The zero-order valence-corrected chi connectivity index (χ0v) is 21.3. The number of imidazole rings is 1. The number of hydrogen-bond acceptors (Lipinski definition) is 6. The fourth-order valence-electron chi connectivity index (χ4n) is 4.98. The third kappa shape index (κ3) is 4.98. The zero-order valence-electron chi connectivity index (χ0n) is 21.3. The molecular formula is C29H26F2N8. The molecule has 1 saturated heterocycles. The van der Waals surface area contributed by atoms with E-state index in [4.69, 9.17) is 9.97 Å². The standard InChI is InChI=1S/C29H26F2N8/c1-18(16-39-13-11-29(30,31)17-39)14-19(15-32-2)21-9-10-24-26(34-21)27(38-37-24)28-35-23-8-5-6-20(25(23)36-28)22-7-3-4-12-33-22/h3-10,12,14-15H,2,11,13,16-17H2,1H3,(H,35,36)(H,37,38)/b18-14+,19-15+. The van der Waals surface area contributed by atoms with Gasteiger partial charge in [0.15, 0.2) is 11.5 Å². The van der Waals surface area contributed by atoms with Crippen molar-refractivity contribution in [1.29, 1.82) is 0 Å². The molecule has 2 N–H and O–H groups in total. The summed E-state index contributed by atoms with van der Waals surface area (Å²) in [7, 11) is 0. The molecule has 5 aromatic rings. The van der Waals surface area contributed by atoms with Crippen LogP contribution in [0.1, 0.15) is 19.0 Å². The lowest BCUT2D eigenvalue weighted by atomic mass is 10.1. The molecule has 0 spiro atoms. The molecule has 4 aromatic heterocycles. The Morgan fingerprint density at radius 1 is 1.10 bits per heavy atom. The topological polar surface area (TPSA) is 98.7 Å². The van der Waals surface area contributed by atoms with Gasteiger partial charge in [-0.15, -0.1) is 0 Å². The van der Waals surface area contributed by atoms with Crippen LogP contribution in [0, 0.1) is 0 Å². The number of rotatable bonds is 7. The van der Waals surface area contributed by atoms with E-state index in [1.807, 2.05) is 61.5 Å². The van der Waals surface area contributed by atoms with Gasteiger partial charge in [-0.05, 0) is 44.0 Å². The second-order valence-electron chi connectivity index (χ2n) is 9.74. The van der Waals surface area contributed by atoms with Gasteiger partial charge in [0.05, 0.1) is 34.5 Å². The fourth-order valence-corrected chi connectivity index (χ4v) is 4.98. The number of pyridine rings is 2. The predicted octanol–water partition coefficient (Wildman–Crippen LogP) is 5.89. The first-order valence-corrected chi connectivity index (χ1v) is 12.6. The van der Waals surface area contributed by atoms with Crippen LogP contribution < -0.4 is 0 Å². The minimum Gasteiger partial charge on any atom is -0.336 e. The number of halogens is 2. The summed E-state index contributed by atoms with van der Waals surface area (Å²) < 4.78 is 27.3. The van der Waals surface area contributed by atoms with Gasteiger partial charge < -0.3 is 4.98 Å². The average molecular weight is 525 g/mol. The molecule has 0 aliphatic carbocycles. The Labute approximate surface area is 223 Å². The summed E-state index contributed by atoms with van der Waals surface area (Å²) in [6, 6.07) is 15.5. The number of benzene rings is 1. The first-order chi connectivity index (χ1) is 18.9. The Hall–Kier alpha value is -4.57. The fraction of sp³-hybridized carbons (Fsp3) is 0.207. The van der Waals surface area contributed by atoms with Crippen LogP contribution in [0.5, 0.6) is 0 Å². The van der Waals surface area contributed by atoms with Crippen molar-refractivity contribution in [2.45, 2.75) is 19.3 Å². The van der Waals surface area contributed by atoms with Crippen molar-refractivity contribution >= 4 is 34.4 Å². The van der Waals surface area contributed by atoms with Gasteiger partial charge in [0.1, 0.15) is 5.52 Å². The van der Waals surface area contributed by atoms with Crippen LogP contribution in [0.15, 0.2) is 77.6 Å². The Morgan fingerprint density at radius 3 is 2.77 bits per heavy atom. The van der Waals surface area contributed by atoms with Crippen molar-refractivity contribution in [3.8, 4) is 22.8 Å². The minimum atomic E-state index is -2.62. The number of nitrogens with zero attached hydrogens (tertiary/aromatic N) is 6. The van der Waals surface area contributed by atoms with Gasteiger partial charge in [0.25, 0.3) is 5.92 Å². The molecule has 1 aliphatic heterocycles. The molecule has 196 valence electrons.